The molecule has 2 amide bonds. The first-order valence-corrected chi connectivity index (χ1v) is 9.35. The summed E-state index contributed by atoms with van der Waals surface area (Å²) in [7, 11) is 1.60. The molecule has 1 aromatic heterocycles. The van der Waals surface area contributed by atoms with Gasteiger partial charge in [-0.2, -0.15) is 0 Å². The SMILES string of the molecule is COc1ccc(OCC(=O)N2CC(n3cc(CN4CCCC4=O)nn3)C2)cc1. The number of ether oxygens (including phenoxy) is 2. The second-order valence-electron chi connectivity index (χ2n) is 7.03. The fourth-order valence-electron chi connectivity index (χ4n) is 3.37. The molecule has 2 saturated heterocycles. The van der Waals surface area contributed by atoms with Gasteiger partial charge in [-0.25, -0.2) is 4.68 Å². The molecular formula is C19H23N5O4. The molecule has 2 aliphatic heterocycles. The van der Waals surface area contributed by atoms with Crippen LogP contribution in [0.15, 0.2) is 30.5 Å². The van der Waals surface area contributed by atoms with E-state index in [2.05, 4.69) is 10.3 Å². The van der Waals surface area contributed by atoms with Gasteiger partial charge in [0.05, 0.1) is 25.9 Å². The number of rotatable bonds is 7. The molecule has 0 unspecified atom stereocenters. The van der Waals surface area contributed by atoms with Crippen molar-refractivity contribution in [3.63, 3.8) is 0 Å². The molecule has 1 aromatic carbocycles. The number of carbonyl (C=O) groups excluding carboxylic acids is 2. The molecule has 0 radical (unpaired) electrons. The lowest BCUT2D eigenvalue weighted by atomic mass is 10.1. The van der Waals surface area contributed by atoms with Gasteiger partial charge in [0.1, 0.15) is 17.2 Å². The first-order chi connectivity index (χ1) is 13.6. The fourth-order valence-corrected chi connectivity index (χ4v) is 3.37. The van der Waals surface area contributed by atoms with Gasteiger partial charge in [0, 0.05) is 26.1 Å². The monoisotopic (exact) mass is 385 g/mol. The highest BCUT2D eigenvalue weighted by molar-refractivity contribution is 5.78. The summed E-state index contributed by atoms with van der Waals surface area (Å²) in [6.45, 7) is 2.45. The summed E-state index contributed by atoms with van der Waals surface area (Å²) in [5, 5.41) is 8.31. The number of nitrogens with zero attached hydrogens (tertiary/aromatic N) is 5. The lowest BCUT2D eigenvalue weighted by molar-refractivity contribution is -0.139. The van der Waals surface area contributed by atoms with Crippen molar-refractivity contribution in [1.29, 1.82) is 0 Å². The maximum Gasteiger partial charge on any atom is 0.260 e. The van der Waals surface area contributed by atoms with Crippen LogP contribution in [0.5, 0.6) is 11.5 Å². The molecule has 0 aliphatic carbocycles. The van der Waals surface area contributed by atoms with Gasteiger partial charge >= 0.3 is 0 Å². The van der Waals surface area contributed by atoms with Gasteiger partial charge in [-0.15, -0.1) is 5.10 Å². The first-order valence-electron chi connectivity index (χ1n) is 9.35. The zero-order valence-electron chi connectivity index (χ0n) is 15.8. The predicted octanol–water partition coefficient (Wildman–Crippen LogP) is 0.871. The summed E-state index contributed by atoms with van der Waals surface area (Å²) >= 11 is 0. The van der Waals surface area contributed by atoms with Crippen LogP contribution in [0.3, 0.4) is 0 Å². The zero-order chi connectivity index (χ0) is 19.5. The number of aromatic nitrogens is 3. The molecule has 4 rings (SSSR count). The third-order valence-electron chi connectivity index (χ3n) is 5.09. The van der Waals surface area contributed by atoms with Crippen molar-refractivity contribution in [3.05, 3.63) is 36.2 Å². The lowest BCUT2D eigenvalue weighted by Gasteiger charge is -2.38. The molecule has 2 aromatic rings. The Bertz CT molecular complexity index is 844. The summed E-state index contributed by atoms with van der Waals surface area (Å²) in [6.07, 6.45) is 3.39. The zero-order valence-corrected chi connectivity index (χ0v) is 15.8. The highest BCUT2D eigenvalue weighted by Gasteiger charge is 2.33. The molecule has 9 nitrogen and oxygen atoms in total. The number of benzene rings is 1. The normalized spacial score (nSPS) is 17.0. The molecule has 2 fully saturated rings. The van der Waals surface area contributed by atoms with Crippen molar-refractivity contribution in [2.45, 2.75) is 25.4 Å². The highest BCUT2D eigenvalue weighted by Crippen LogP contribution is 2.22. The van der Waals surface area contributed by atoms with E-state index in [9.17, 15) is 9.59 Å². The largest absolute Gasteiger partial charge is 0.497 e. The van der Waals surface area contributed by atoms with Crippen LogP contribution in [0.1, 0.15) is 24.6 Å². The van der Waals surface area contributed by atoms with E-state index >= 15 is 0 Å². The molecule has 9 heteroatoms. The fraction of sp³-hybridized carbons (Fsp3) is 0.474. The van der Waals surface area contributed by atoms with Gasteiger partial charge < -0.3 is 19.3 Å². The van der Waals surface area contributed by atoms with Gasteiger partial charge in [-0.1, -0.05) is 5.21 Å². The van der Waals surface area contributed by atoms with E-state index in [0.29, 0.717) is 31.8 Å². The number of likely N-dealkylation sites (tertiary alicyclic amines) is 2. The summed E-state index contributed by atoms with van der Waals surface area (Å²) < 4.78 is 12.4. The molecular weight excluding hydrogens is 362 g/mol. The number of methoxy groups -OCH3 is 1. The van der Waals surface area contributed by atoms with Gasteiger partial charge in [0.15, 0.2) is 6.61 Å². The maximum atomic E-state index is 12.3. The molecule has 28 heavy (non-hydrogen) atoms. The van der Waals surface area contributed by atoms with Crippen LogP contribution in [0.2, 0.25) is 0 Å². The Labute approximate surface area is 162 Å². The molecule has 0 spiro atoms. The highest BCUT2D eigenvalue weighted by atomic mass is 16.5. The van der Waals surface area contributed by atoms with Gasteiger partial charge in [0.2, 0.25) is 5.91 Å². The Morgan fingerprint density at radius 3 is 2.64 bits per heavy atom. The lowest BCUT2D eigenvalue weighted by Crippen LogP contribution is -2.52. The van der Waals surface area contributed by atoms with E-state index in [-0.39, 0.29) is 24.5 Å². The molecule has 148 valence electrons. The van der Waals surface area contributed by atoms with Crippen LogP contribution in [0.4, 0.5) is 0 Å². The van der Waals surface area contributed by atoms with Crippen molar-refractivity contribution in [2.75, 3.05) is 33.4 Å². The van der Waals surface area contributed by atoms with Crippen LogP contribution in [-0.4, -0.2) is 70.0 Å². The average Bonchev–Trinajstić information content (AvgIpc) is 3.29. The third kappa shape index (κ3) is 3.92. The van der Waals surface area contributed by atoms with Crippen molar-refractivity contribution in [2.24, 2.45) is 0 Å². The molecule has 0 saturated carbocycles. The van der Waals surface area contributed by atoms with Gasteiger partial charge in [0.25, 0.3) is 5.91 Å². The second-order valence-corrected chi connectivity index (χ2v) is 7.03. The minimum absolute atomic E-state index is 0.00126. The molecule has 2 aliphatic rings. The van der Waals surface area contributed by atoms with E-state index in [0.717, 1.165) is 24.4 Å². The van der Waals surface area contributed by atoms with E-state index in [1.807, 2.05) is 11.1 Å². The Hall–Kier alpha value is -3.10. The topological polar surface area (TPSA) is 89.8 Å². The Morgan fingerprint density at radius 2 is 1.96 bits per heavy atom. The number of amides is 2. The van der Waals surface area contributed by atoms with Crippen molar-refractivity contribution >= 4 is 11.8 Å². The van der Waals surface area contributed by atoms with Crippen LogP contribution >= 0.6 is 0 Å². The summed E-state index contributed by atoms with van der Waals surface area (Å²) in [5.74, 6) is 1.48. The smallest absolute Gasteiger partial charge is 0.260 e. The third-order valence-corrected chi connectivity index (χ3v) is 5.09. The Kier molecular flexibility index (Phi) is 5.14. The second kappa shape index (κ2) is 7.87. The minimum atomic E-state index is -0.0601. The van der Waals surface area contributed by atoms with Crippen LogP contribution < -0.4 is 9.47 Å². The van der Waals surface area contributed by atoms with Crippen LogP contribution in [-0.2, 0) is 16.1 Å². The van der Waals surface area contributed by atoms with Gasteiger partial charge in [-0.3, -0.25) is 9.59 Å². The molecule has 0 atom stereocenters. The van der Waals surface area contributed by atoms with E-state index in [1.165, 1.54) is 0 Å². The molecule has 0 bridgehead atoms. The maximum absolute atomic E-state index is 12.3. The van der Waals surface area contributed by atoms with Crippen LogP contribution in [0.25, 0.3) is 0 Å². The number of hydrogen-bond donors (Lipinski definition) is 0. The minimum Gasteiger partial charge on any atom is -0.497 e. The van der Waals surface area contributed by atoms with E-state index in [4.69, 9.17) is 9.47 Å². The molecule has 0 N–H and O–H groups in total. The average molecular weight is 385 g/mol. The summed E-state index contributed by atoms with van der Waals surface area (Å²) in [5.41, 5.74) is 0.780. The van der Waals surface area contributed by atoms with Crippen molar-refractivity contribution in [3.8, 4) is 11.5 Å². The standard InChI is InChI=1S/C19H23N5O4/c1-27-16-4-6-17(7-5-16)28-13-19(26)23-11-15(12-23)24-10-14(20-21-24)9-22-8-2-3-18(22)25/h4-7,10,15H,2-3,8-9,11-13H2,1H3. The van der Waals surface area contributed by atoms with E-state index in [1.54, 1.807) is 41.0 Å². The Balaban J connectivity index is 1.22. The number of hydrogen-bond acceptors (Lipinski definition) is 6. The number of carbonyl (C=O) groups is 2. The predicted molar refractivity (Wildman–Crippen MR) is 98.8 cm³/mol. The van der Waals surface area contributed by atoms with Crippen LogP contribution in [0, 0.1) is 0 Å². The van der Waals surface area contributed by atoms with E-state index < -0.39 is 0 Å². The first kappa shape index (κ1) is 18.3. The quantitative estimate of drug-likeness (QED) is 0.703. The summed E-state index contributed by atoms with van der Waals surface area (Å²) in [4.78, 5) is 27.5. The van der Waals surface area contributed by atoms with Gasteiger partial charge in [-0.05, 0) is 30.7 Å². The van der Waals surface area contributed by atoms with Crippen molar-refractivity contribution < 1.29 is 19.1 Å². The Morgan fingerprint density at radius 1 is 1.21 bits per heavy atom. The molecule has 3 heterocycles. The van der Waals surface area contributed by atoms with Crippen molar-refractivity contribution in [1.82, 2.24) is 24.8 Å². The summed E-state index contributed by atoms with van der Waals surface area (Å²) in [6, 6.07) is 7.23.